The molecule has 0 aromatic heterocycles. The number of halogens is 1. The molecule has 0 aliphatic rings. The molecule has 2 nitrogen and oxygen atoms in total. The van der Waals surface area contributed by atoms with Gasteiger partial charge in [-0.1, -0.05) is 41.2 Å². The van der Waals surface area contributed by atoms with E-state index in [1.165, 1.54) is 12.1 Å². The van der Waals surface area contributed by atoms with Gasteiger partial charge < -0.3 is 9.84 Å². The van der Waals surface area contributed by atoms with Gasteiger partial charge in [0.15, 0.2) is 0 Å². The summed E-state index contributed by atoms with van der Waals surface area (Å²) in [5.74, 6) is 5.31. The molecule has 0 aliphatic carbocycles. The Bertz CT molecular complexity index is 676. The van der Waals surface area contributed by atoms with Crippen molar-refractivity contribution in [3.05, 3.63) is 64.5 Å². The lowest BCUT2D eigenvalue weighted by atomic mass is 10.1. The van der Waals surface area contributed by atoms with E-state index >= 15 is 0 Å². The molecule has 0 bridgehead atoms. The third-order valence-corrected chi connectivity index (χ3v) is 2.92. The molecular weight excluding hydrogens is 267 g/mol. The molecule has 0 atom stereocenters. The second-order valence-electron chi connectivity index (χ2n) is 4.89. The van der Waals surface area contributed by atoms with Crippen molar-refractivity contribution in [1.29, 1.82) is 0 Å². The van der Waals surface area contributed by atoms with Gasteiger partial charge in [-0.15, -0.1) is 0 Å². The molecule has 0 heterocycles. The van der Waals surface area contributed by atoms with Crippen LogP contribution < -0.4 is 4.74 Å². The summed E-state index contributed by atoms with van der Waals surface area (Å²) in [6, 6.07) is 10.3. The lowest BCUT2D eigenvalue weighted by Gasteiger charge is -2.10. The molecule has 3 heteroatoms. The summed E-state index contributed by atoms with van der Waals surface area (Å²) in [5.41, 5.74) is 3.91. The van der Waals surface area contributed by atoms with E-state index in [1.54, 1.807) is 6.07 Å². The Hall–Kier alpha value is -2.31. The minimum Gasteiger partial charge on any atom is -0.487 e. The minimum atomic E-state index is -0.375. The van der Waals surface area contributed by atoms with E-state index < -0.39 is 0 Å². The largest absolute Gasteiger partial charge is 0.487 e. The molecule has 2 aromatic rings. The second kappa shape index (κ2) is 6.92. The third kappa shape index (κ3) is 4.34. The first-order valence-corrected chi connectivity index (χ1v) is 6.68. The summed E-state index contributed by atoms with van der Waals surface area (Å²) in [6.07, 6.45) is 0. The Kier molecular flexibility index (Phi) is 4.97. The van der Waals surface area contributed by atoms with Crippen LogP contribution in [0.25, 0.3) is 0 Å². The molecule has 0 saturated heterocycles. The van der Waals surface area contributed by atoms with Gasteiger partial charge in [0.2, 0.25) is 0 Å². The Morgan fingerprint density at radius 3 is 2.48 bits per heavy atom. The van der Waals surface area contributed by atoms with E-state index in [0.717, 1.165) is 16.7 Å². The van der Waals surface area contributed by atoms with Gasteiger partial charge in [-0.25, -0.2) is 4.39 Å². The van der Waals surface area contributed by atoms with Crippen LogP contribution in [0, 0.1) is 31.5 Å². The normalized spacial score (nSPS) is 9.90. The zero-order valence-electron chi connectivity index (χ0n) is 12.1. The second-order valence-corrected chi connectivity index (χ2v) is 4.89. The monoisotopic (exact) mass is 284 g/mol. The molecule has 0 unspecified atom stereocenters. The summed E-state index contributed by atoms with van der Waals surface area (Å²) in [6.45, 7) is 4.15. The summed E-state index contributed by atoms with van der Waals surface area (Å²) in [5, 5.41) is 8.75. The van der Waals surface area contributed by atoms with E-state index in [0.29, 0.717) is 17.9 Å². The molecule has 0 spiro atoms. The fourth-order valence-corrected chi connectivity index (χ4v) is 2.17. The molecule has 1 N–H and O–H groups in total. The van der Waals surface area contributed by atoms with E-state index in [4.69, 9.17) is 9.84 Å². The predicted octanol–water partition coefficient (Wildman–Crippen LogP) is 3.37. The van der Waals surface area contributed by atoms with Crippen molar-refractivity contribution in [3.63, 3.8) is 0 Å². The number of hydrogen-bond donors (Lipinski definition) is 1. The van der Waals surface area contributed by atoms with E-state index in [1.807, 2.05) is 26.0 Å². The predicted molar refractivity (Wildman–Crippen MR) is 80.6 cm³/mol. The highest BCUT2D eigenvalue weighted by Gasteiger charge is 2.05. The van der Waals surface area contributed by atoms with Crippen molar-refractivity contribution < 1.29 is 14.2 Å². The smallest absolute Gasteiger partial charge is 0.138 e. The van der Waals surface area contributed by atoms with E-state index in [-0.39, 0.29) is 12.4 Å². The standard InChI is InChI=1S/C18H17FO2/c1-13-8-14(2)10-15(9-13)12-21-18-11-17(19)6-5-16(18)4-3-7-20/h5-6,8-11,20H,7,12H2,1-2H3. The number of hydrogen-bond acceptors (Lipinski definition) is 2. The van der Waals surface area contributed by atoms with Gasteiger partial charge in [-0.3, -0.25) is 0 Å². The van der Waals surface area contributed by atoms with Gasteiger partial charge in [0.05, 0.1) is 5.56 Å². The molecule has 0 amide bonds. The Labute approximate surface area is 124 Å². The summed E-state index contributed by atoms with van der Waals surface area (Å²) < 4.78 is 19.0. The molecular formula is C18H17FO2. The number of benzene rings is 2. The molecule has 108 valence electrons. The average Bonchev–Trinajstić information content (AvgIpc) is 2.43. The van der Waals surface area contributed by atoms with Crippen LogP contribution >= 0.6 is 0 Å². The van der Waals surface area contributed by atoms with Gasteiger partial charge in [0.25, 0.3) is 0 Å². The summed E-state index contributed by atoms with van der Waals surface area (Å²) >= 11 is 0. The van der Waals surface area contributed by atoms with E-state index in [2.05, 4.69) is 17.9 Å². The van der Waals surface area contributed by atoms with Crippen molar-refractivity contribution in [2.45, 2.75) is 20.5 Å². The lowest BCUT2D eigenvalue weighted by Crippen LogP contribution is -1.99. The highest BCUT2D eigenvalue weighted by molar-refractivity contribution is 5.46. The highest BCUT2D eigenvalue weighted by Crippen LogP contribution is 2.21. The Morgan fingerprint density at radius 1 is 1.10 bits per heavy atom. The van der Waals surface area contributed by atoms with Gasteiger partial charge in [0, 0.05) is 6.07 Å². The Balaban J connectivity index is 2.20. The van der Waals surface area contributed by atoms with Crippen LogP contribution in [0.1, 0.15) is 22.3 Å². The summed E-state index contributed by atoms with van der Waals surface area (Å²) in [4.78, 5) is 0. The fourth-order valence-electron chi connectivity index (χ4n) is 2.17. The van der Waals surface area contributed by atoms with Crippen LogP contribution in [-0.4, -0.2) is 11.7 Å². The maximum atomic E-state index is 13.3. The molecule has 0 radical (unpaired) electrons. The zero-order valence-corrected chi connectivity index (χ0v) is 12.1. The number of ether oxygens (including phenoxy) is 1. The Morgan fingerprint density at radius 2 is 1.81 bits per heavy atom. The maximum Gasteiger partial charge on any atom is 0.138 e. The molecule has 2 rings (SSSR count). The number of aliphatic hydroxyl groups is 1. The van der Waals surface area contributed by atoms with E-state index in [9.17, 15) is 4.39 Å². The van der Waals surface area contributed by atoms with Crippen LogP contribution in [0.15, 0.2) is 36.4 Å². The first kappa shape index (κ1) is 15.1. The van der Waals surface area contributed by atoms with Gasteiger partial charge >= 0.3 is 0 Å². The van der Waals surface area contributed by atoms with Crippen molar-refractivity contribution >= 4 is 0 Å². The van der Waals surface area contributed by atoms with Gasteiger partial charge in [0.1, 0.15) is 24.8 Å². The molecule has 0 saturated carbocycles. The van der Waals surface area contributed by atoms with Crippen LogP contribution in [0.4, 0.5) is 4.39 Å². The number of aryl methyl sites for hydroxylation is 2. The van der Waals surface area contributed by atoms with Crippen molar-refractivity contribution in [3.8, 4) is 17.6 Å². The first-order chi connectivity index (χ1) is 10.1. The molecule has 2 aromatic carbocycles. The summed E-state index contributed by atoms with van der Waals surface area (Å²) in [7, 11) is 0. The van der Waals surface area contributed by atoms with Crippen molar-refractivity contribution in [2.75, 3.05) is 6.61 Å². The SMILES string of the molecule is Cc1cc(C)cc(COc2cc(F)ccc2C#CCO)c1. The quantitative estimate of drug-likeness (QED) is 0.876. The maximum absolute atomic E-state index is 13.3. The van der Waals surface area contributed by atoms with Gasteiger partial charge in [-0.2, -0.15) is 0 Å². The van der Waals surface area contributed by atoms with Crippen LogP contribution in [0.5, 0.6) is 5.75 Å². The zero-order chi connectivity index (χ0) is 15.2. The topological polar surface area (TPSA) is 29.5 Å². The molecule has 0 fully saturated rings. The third-order valence-electron chi connectivity index (χ3n) is 2.92. The van der Waals surface area contributed by atoms with Gasteiger partial charge in [-0.05, 0) is 31.5 Å². The van der Waals surface area contributed by atoms with Crippen LogP contribution in [-0.2, 0) is 6.61 Å². The fraction of sp³-hybridized carbons (Fsp3) is 0.222. The van der Waals surface area contributed by atoms with Crippen LogP contribution in [0.3, 0.4) is 0 Å². The molecule has 0 aliphatic heterocycles. The number of aliphatic hydroxyl groups excluding tert-OH is 1. The molecule has 21 heavy (non-hydrogen) atoms. The number of rotatable bonds is 3. The van der Waals surface area contributed by atoms with Crippen molar-refractivity contribution in [1.82, 2.24) is 0 Å². The highest BCUT2D eigenvalue weighted by atomic mass is 19.1. The lowest BCUT2D eigenvalue weighted by molar-refractivity contribution is 0.303. The van der Waals surface area contributed by atoms with Crippen molar-refractivity contribution in [2.24, 2.45) is 0 Å². The van der Waals surface area contributed by atoms with Crippen LogP contribution in [0.2, 0.25) is 0 Å². The minimum absolute atomic E-state index is 0.242. The average molecular weight is 284 g/mol. The first-order valence-electron chi connectivity index (χ1n) is 6.68.